The first kappa shape index (κ1) is 21.5. The smallest absolute Gasteiger partial charge is 0.249 e. The maximum atomic E-state index is 12.6. The minimum Gasteiger partial charge on any atom is -0.491 e. The molecule has 0 spiro atoms. The van der Waals surface area contributed by atoms with E-state index in [0.717, 1.165) is 22.4 Å². The van der Waals surface area contributed by atoms with Crippen LogP contribution in [0.15, 0.2) is 29.8 Å². The Kier molecular flexibility index (Phi) is 6.71. The predicted octanol–water partition coefficient (Wildman–Crippen LogP) is 3.70. The molecule has 1 aliphatic heterocycles. The van der Waals surface area contributed by atoms with E-state index in [-0.39, 0.29) is 35.4 Å². The molecule has 0 radical (unpaired) electrons. The summed E-state index contributed by atoms with van der Waals surface area (Å²) in [5.74, 6) is 0.873. The fraction of sp³-hybridized carbons (Fsp3) is 0.550. The highest BCUT2D eigenvalue weighted by Gasteiger charge is 2.40. The Morgan fingerprint density at radius 2 is 1.76 bits per heavy atom. The summed E-state index contributed by atoms with van der Waals surface area (Å²) in [5, 5.41) is 6.51. The Bertz CT molecular complexity index is 645. The van der Waals surface area contributed by atoms with Crippen LogP contribution in [-0.4, -0.2) is 29.6 Å². The van der Waals surface area contributed by atoms with Gasteiger partial charge in [0.1, 0.15) is 12.4 Å². The van der Waals surface area contributed by atoms with E-state index >= 15 is 0 Å². The molecule has 1 aromatic carbocycles. The second-order valence-corrected chi connectivity index (χ2v) is 7.94. The monoisotopic (exact) mass is 366 g/mol. The van der Waals surface area contributed by atoms with Gasteiger partial charge in [-0.2, -0.15) is 0 Å². The number of hydrogen-bond acceptors (Lipinski definition) is 3. The van der Waals surface area contributed by atoms with Gasteiger partial charge in [0.2, 0.25) is 5.91 Å². The van der Waals surface area contributed by atoms with Crippen LogP contribution in [0.25, 0.3) is 0 Å². The van der Waals surface area contributed by atoms with Crippen LogP contribution >= 0.6 is 12.4 Å². The summed E-state index contributed by atoms with van der Waals surface area (Å²) in [6.45, 7) is 14.7. The molecule has 1 aliphatic rings. The van der Waals surface area contributed by atoms with Crippen LogP contribution in [0.1, 0.15) is 45.7 Å². The first-order chi connectivity index (χ1) is 11.0. The molecule has 1 unspecified atom stereocenters. The number of aryl methyl sites for hydroxylation is 2. The van der Waals surface area contributed by atoms with E-state index in [1.54, 1.807) is 0 Å². The van der Waals surface area contributed by atoms with Crippen LogP contribution in [-0.2, 0) is 4.79 Å². The molecule has 0 fully saturated rings. The molecule has 0 saturated carbocycles. The number of nitrogens with one attached hydrogen (secondary N) is 2. The number of benzene rings is 1. The molecule has 25 heavy (non-hydrogen) atoms. The van der Waals surface area contributed by atoms with E-state index in [0.29, 0.717) is 6.61 Å². The number of carbonyl (C=O) groups is 1. The fourth-order valence-electron chi connectivity index (χ4n) is 3.38. The zero-order valence-electron chi connectivity index (χ0n) is 16.3. The van der Waals surface area contributed by atoms with E-state index in [1.165, 1.54) is 0 Å². The topological polar surface area (TPSA) is 50.4 Å². The van der Waals surface area contributed by atoms with Crippen molar-refractivity contribution in [2.75, 3.05) is 6.61 Å². The molecule has 1 aromatic rings. The van der Waals surface area contributed by atoms with Gasteiger partial charge in [0.15, 0.2) is 0 Å². The van der Waals surface area contributed by atoms with Crippen LogP contribution in [0.3, 0.4) is 0 Å². The number of rotatable bonds is 5. The third kappa shape index (κ3) is 5.23. The molecular formula is C20H31ClN2O2. The summed E-state index contributed by atoms with van der Waals surface area (Å²) in [6, 6.07) is 6.01. The van der Waals surface area contributed by atoms with Gasteiger partial charge in [-0.1, -0.05) is 24.3 Å². The van der Waals surface area contributed by atoms with Gasteiger partial charge in [-0.05, 0) is 59.6 Å². The van der Waals surface area contributed by atoms with Crippen LogP contribution in [0.2, 0.25) is 0 Å². The van der Waals surface area contributed by atoms with Gasteiger partial charge < -0.3 is 10.1 Å². The molecule has 0 aromatic heterocycles. The summed E-state index contributed by atoms with van der Waals surface area (Å²) < 4.78 is 5.94. The quantitative estimate of drug-likeness (QED) is 0.835. The third-order valence-corrected chi connectivity index (χ3v) is 4.32. The highest BCUT2D eigenvalue weighted by atomic mass is 35.5. The number of ether oxygens (including phenoxy) is 1. The molecule has 0 aliphatic carbocycles. The predicted molar refractivity (Wildman–Crippen MR) is 106 cm³/mol. The lowest BCUT2D eigenvalue weighted by Crippen LogP contribution is -2.48. The normalized spacial score (nSPS) is 18.8. The van der Waals surface area contributed by atoms with E-state index in [2.05, 4.69) is 24.5 Å². The number of hydrogen-bond donors (Lipinski definition) is 2. The molecule has 140 valence electrons. The molecule has 1 atom stereocenters. The van der Waals surface area contributed by atoms with Crippen molar-refractivity contribution >= 4 is 18.3 Å². The van der Waals surface area contributed by atoms with Gasteiger partial charge in [0, 0.05) is 16.7 Å². The van der Waals surface area contributed by atoms with E-state index < -0.39 is 0 Å². The van der Waals surface area contributed by atoms with E-state index in [9.17, 15) is 4.79 Å². The molecular weight excluding hydrogens is 336 g/mol. The Hall–Kier alpha value is -1.52. The average molecular weight is 367 g/mol. The third-order valence-electron chi connectivity index (χ3n) is 4.32. The first-order valence-electron chi connectivity index (χ1n) is 8.54. The SMILES string of the molecule is Cc1cccc(C)c1OCC(C)NC(=O)C1=CC(C)(C)NC1(C)C.Cl. The standard InChI is InChI=1S/C20H30N2O2.ClH/c1-13-9-8-10-14(2)17(13)24-12-15(3)21-18(23)16-11-19(4,5)22-20(16,6)7;/h8-11,15,22H,12H2,1-7H3,(H,21,23);1H. The zero-order chi connectivity index (χ0) is 18.1. The minimum atomic E-state index is -0.333. The Balaban J connectivity index is 0.00000312. The Morgan fingerprint density at radius 3 is 2.24 bits per heavy atom. The van der Waals surface area contributed by atoms with Gasteiger partial charge in [0.05, 0.1) is 6.04 Å². The van der Waals surface area contributed by atoms with Crippen molar-refractivity contribution < 1.29 is 9.53 Å². The van der Waals surface area contributed by atoms with Gasteiger partial charge in [0.25, 0.3) is 0 Å². The van der Waals surface area contributed by atoms with Gasteiger partial charge in [-0.15, -0.1) is 12.4 Å². The van der Waals surface area contributed by atoms with Gasteiger partial charge in [-0.3, -0.25) is 10.1 Å². The zero-order valence-corrected chi connectivity index (χ0v) is 17.1. The first-order valence-corrected chi connectivity index (χ1v) is 8.54. The van der Waals surface area contributed by atoms with Crippen molar-refractivity contribution in [3.05, 3.63) is 41.0 Å². The van der Waals surface area contributed by atoms with Crippen molar-refractivity contribution in [2.24, 2.45) is 0 Å². The van der Waals surface area contributed by atoms with Crippen LogP contribution < -0.4 is 15.4 Å². The molecule has 1 amide bonds. The van der Waals surface area contributed by atoms with Crippen molar-refractivity contribution in [3.8, 4) is 5.75 Å². The van der Waals surface area contributed by atoms with Crippen LogP contribution in [0.4, 0.5) is 0 Å². The molecule has 5 heteroatoms. The summed E-state index contributed by atoms with van der Waals surface area (Å²) in [5.41, 5.74) is 2.50. The second-order valence-electron chi connectivity index (χ2n) is 7.94. The largest absolute Gasteiger partial charge is 0.491 e. The van der Waals surface area contributed by atoms with E-state index in [1.807, 2.05) is 58.9 Å². The maximum Gasteiger partial charge on any atom is 0.249 e. The molecule has 2 rings (SSSR count). The molecule has 0 bridgehead atoms. The Labute approximate surface area is 157 Å². The number of amides is 1. The van der Waals surface area contributed by atoms with E-state index in [4.69, 9.17) is 4.74 Å². The van der Waals surface area contributed by atoms with Crippen molar-refractivity contribution in [1.82, 2.24) is 10.6 Å². The summed E-state index contributed by atoms with van der Waals surface area (Å²) in [6.07, 6.45) is 2.02. The molecule has 2 N–H and O–H groups in total. The van der Waals surface area contributed by atoms with Crippen molar-refractivity contribution in [1.29, 1.82) is 0 Å². The lowest BCUT2D eigenvalue weighted by molar-refractivity contribution is -0.118. The van der Waals surface area contributed by atoms with Gasteiger partial charge >= 0.3 is 0 Å². The fourth-order valence-corrected chi connectivity index (χ4v) is 3.38. The molecule has 4 nitrogen and oxygen atoms in total. The number of para-hydroxylation sites is 1. The van der Waals surface area contributed by atoms with Gasteiger partial charge in [-0.25, -0.2) is 0 Å². The van der Waals surface area contributed by atoms with Crippen molar-refractivity contribution in [3.63, 3.8) is 0 Å². The second kappa shape index (κ2) is 7.79. The highest BCUT2D eigenvalue weighted by Crippen LogP contribution is 2.29. The minimum absolute atomic E-state index is 0. The summed E-state index contributed by atoms with van der Waals surface area (Å²) in [4.78, 5) is 12.6. The number of carbonyl (C=O) groups excluding carboxylic acids is 1. The lowest BCUT2D eigenvalue weighted by Gasteiger charge is -2.28. The lowest BCUT2D eigenvalue weighted by atomic mass is 9.96. The average Bonchev–Trinajstić information content (AvgIpc) is 2.66. The van der Waals surface area contributed by atoms with Crippen molar-refractivity contribution in [2.45, 2.75) is 65.6 Å². The number of halogens is 1. The summed E-state index contributed by atoms with van der Waals surface area (Å²) >= 11 is 0. The maximum absolute atomic E-state index is 12.6. The molecule has 1 heterocycles. The Morgan fingerprint density at radius 1 is 1.20 bits per heavy atom. The highest BCUT2D eigenvalue weighted by molar-refractivity contribution is 5.96. The van der Waals surface area contributed by atoms with Crippen LogP contribution in [0.5, 0.6) is 5.75 Å². The van der Waals surface area contributed by atoms with Crippen LogP contribution in [0, 0.1) is 13.8 Å². The summed E-state index contributed by atoms with van der Waals surface area (Å²) in [7, 11) is 0. The molecule has 0 saturated heterocycles.